The lowest BCUT2D eigenvalue weighted by Gasteiger charge is -2.15. The van der Waals surface area contributed by atoms with E-state index in [0.29, 0.717) is 12.8 Å². The SMILES string of the molecule is CCCCCCCCC=CCC=CCC=CCCCC(=O)O[C@@H](CO)COC(=O)CCCCCCCCCCCCCCCCC. The number of rotatable bonds is 35. The molecule has 268 valence electrons. The Hall–Kier alpha value is -1.88. The summed E-state index contributed by atoms with van der Waals surface area (Å²) in [4.78, 5) is 24.2. The molecular weight excluding hydrogens is 572 g/mol. The van der Waals surface area contributed by atoms with Crippen LogP contribution in [0.4, 0.5) is 0 Å². The Morgan fingerprint density at radius 1 is 0.500 bits per heavy atom. The molecule has 1 N–H and O–H groups in total. The molecule has 0 radical (unpaired) electrons. The molecule has 5 nitrogen and oxygen atoms in total. The van der Waals surface area contributed by atoms with Crippen molar-refractivity contribution in [3.8, 4) is 0 Å². The van der Waals surface area contributed by atoms with Gasteiger partial charge in [-0.05, 0) is 44.9 Å². The van der Waals surface area contributed by atoms with Gasteiger partial charge in [-0.1, -0.05) is 172 Å². The molecule has 0 aromatic heterocycles. The molecule has 0 aliphatic rings. The van der Waals surface area contributed by atoms with E-state index in [1.54, 1.807) is 0 Å². The molecule has 0 rings (SSSR count). The molecule has 0 fully saturated rings. The first-order valence-electron chi connectivity index (χ1n) is 19.5. The van der Waals surface area contributed by atoms with Crippen molar-refractivity contribution in [2.45, 2.75) is 200 Å². The molecule has 0 unspecified atom stereocenters. The van der Waals surface area contributed by atoms with Gasteiger partial charge in [0.2, 0.25) is 0 Å². The molecule has 0 aliphatic carbocycles. The number of carbonyl (C=O) groups is 2. The molecule has 0 amide bonds. The van der Waals surface area contributed by atoms with Crippen LogP contribution in [0.3, 0.4) is 0 Å². The largest absolute Gasteiger partial charge is 0.462 e. The highest BCUT2D eigenvalue weighted by atomic mass is 16.6. The quantitative estimate of drug-likeness (QED) is 0.0421. The highest BCUT2D eigenvalue weighted by Gasteiger charge is 2.15. The normalized spacial score (nSPS) is 12.5. The zero-order chi connectivity index (χ0) is 33.6. The predicted molar refractivity (Wildman–Crippen MR) is 196 cm³/mol. The van der Waals surface area contributed by atoms with Gasteiger partial charge in [-0.2, -0.15) is 0 Å². The molecule has 5 heteroatoms. The van der Waals surface area contributed by atoms with E-state index in [9.17, 15) is 14.7 Å². The van der Waals surface area contributed by atoms with Crippen LogP contribution in [0, 0.1) is 0 Å². The van der Waals surface area contributed by atoms with Gasteiger partial charge in [0, 0.05) is 12.8 Å². The zero-order valence-corrected chi connectivity index (χ0v) is 30.3. The summed E-state index contributed by atoms with van der Waals surface area (Å²) in [6.45, 7) is 4.09. The lowest BCUT2D eigenvalue weighted by Crippen LogP contribution is -2.28. The topological polar surface area (TPSA) is 72.8 Å². The molecule has 46 heavy (non-hydrogen) atoms. The Morgan fingerprint density at radius 3 is 1.37 bits per heavy atom. The maximum atomic E-state index is 12.1. The number of hydrogen-bond donors (Lipinski definition) is 1. The van der Waals surface area contributed by atoms with E-state index in [-0.39, 0.29) is 31.6 Å². The molecule has 0 aromatic carbocycles. The average molecular weight is 647 g/mol. The van der Waals surface area contributed by atoms with Gasteiger partial charge in [0.15, 0.2) is 6.10 Å². The fourth-order valence-corrected chi connectivity index (χ4v) is 5.45. The maximum absolute atomic E-state index is 12.1. The second-order valence-electron chi connectivity index (χ2n) is 13.0. The van der Waals surface area contributed by atoms with Crippen LogP contribution in [-0.2, 0) is 19.1 Å². The van der Waals surface area contributed by atoms with Crippen molar-refractivity contribution in [3.05, 3.63) is 36.5 Å². The zero-order valence-electron chi connectivity index (χ0n) is 30.3. The summed E-state index contributed by atoms with van der Waals surface area (Å²) < 4.78 is 10.6. The molecular formula is C41H74O5. The van der Waals surface area contributed by atoms with E-state index in [4.69, 9.17) is 9.47 Å². The van der Waals surface area contributed by atoms with E-state index in [0.717, 1.165) is 38.5 Å². The Balaban J connectivity index is 3.63. The van der Waals surface area contributed by atoms with Crippen LogP contribution < -0.4 is 0 Å². The van der Waals surface area contributed by atoms with Crippen molar-refractivity contribution in [3.63, 3.8) is 0 Å². The Labute approximate surface area is 285 Å². The van der Waals surface area contributed by atoms with Crippen LogP contribution in [0.1, 0.15) is 194 Å². The second kappa shape index (κ2) is 37.6. The molecule has 0 saturated carbocycles. The van der Waals surface area contributed by atoms with E-state index in [1.165, 1.54) is 122 Å². The maximum Gasteiger partial charge on any atom is 0.306 e. The molecule has 1 atom stereocenters. The van der Waals surface area contributed by atoms with Crippen molar-refractivity contribution in [2.75, 3.05) is 13.2 Å². The third-order valence-electron chi connectivity index (χ3n) is 8.44. The number of ether oxygens (including phenoxy) is 2. The molecule has 0 heterocycles. The standard InChI is InChI=1S/C41H74O5/c1-3-5-7-9-11-13-15-17-19-20-22-24-26-28-30-32-34-36-41(44)46-39(37-42)38-45-40(43)35-33-31-29-27-25-23-21-18-16-14-12-10-8-6-4-2/h17,19,22,24,28,30,39,42H,3-16,18,20-21,23,25-27,29,31-38H2,1-2H3/t39-/m0/s1. The summed E-state index contributed by atoms with van der Waals surface area (Å²) in [6.07, 6.45) is 44.9. The summed E-state index contributed by atoms with van der Waals surface area (Å²) in [5.41, 5.74) is 0. The van der Waals surface area contributed by atoms with E-state index in [2.05, 4.69) is 50.3 Å². The third kappa shape index (κ3) is 35.0. The van der Waals surface area contributed by atoms with Crippen LogP contribution in [0.2, 0.25) is 0 Å². The van der Waals surface area contributed by atoms with Crippen molar-refractivity contribution < 1.29 is 24.2 Å². The van der Waals surface area contributed by atoms with Gasteiger partial charge in [-0.25, -0.2) is 0 Å². The Morgan fingerprint density at radius 2 is 0.891 bits per heavy atom. The number of allylic oxidation sites excluding steroid dienone is 6. The number of unbranched alkanes of at least 4 members (excludes halogenated alkanes) is 21. The summed E-state index contributed by atoms with van der Waals surface area (Å²) in [6, 6.07) is 0. The first-order valence-corrected chi connectivity index (χ1v) is 19.5. The van der Waals surface area contributed by atoms with Gasteiger partial charge < -0.3 is 14.6 Å². The summed E-state index contributed by atoms with van der Waals surface area (Å²) in [5.74, 6) is -0.647. The predicted octanol–water partition coefficient (Wildman–Crippen LogP) is 12.1. The third-order valence-corrected chi connectivity index (χ3v) is 8.44. The lowest BCUT2D eigenvalue weighted by atomic mass is 10.0. The first kappa shape index (κ1) is 44.1. The summed E-state index contributed by atoms with van der Waals surface area (Å²) >= 11 is 0. The van der Waals surface area contributed by atoms with Gasteiger partial charge in [0.05, 0.1) is 6.61 Å². The van der Waals surface area contributed by atoms with E-state index in [1.807, 2.05) is 0 Å². The molecule has 0 spiro atoms. The van der Waals surface area contributed by atoms with Crippen molar-refractivity contribution >= 4 is 11.9 Å². The van der Waals surface area contributed by atoms with Crippen LogP contribution >= 0.6 is 0 Å². The number of esters is 2. The Kier molecular flexibility index (Phi) is 36.0. The highest BCUT2D eigenvalue weighted by Crippen LogP contribution is 2.14. The molecule has 0 aliphatic heterocycles. The smallest absolute Gasteiger partial charge is 0.306 e. The van der Waals surface area contributed by atoms with Gasteiger partial charge in [0.25, 0.3) is 0 Å². The van der Waals surface area contributed by atoms with Crippen molar-refractivity contribution in [1.82, 2.24) is 0 Å². The Bertz CT molecular complexity index is 741. The summed E-state index contributed by atoms with van der Waals surface area (Å²) in [5, 5.41) is 9.53. The van der Waals surface area contributed by atoms with Gasteiger partial charge in [0.1, 0.15) is 6.61 Å². The fourth-order valence-electron chi connectivity index (χ4n) is 5.45. The highest BCUT2D eigenvalue weighted by molar-refractivity contribution is 5.70. The number of aliphatic hydroxyl groups is 1. The van der Waals surface area contributed by atoms with Crippen LogP contribution in [0.15, 0.2) is 36.5 Å². The molecule has 0 bridgehead atoms. The second-order valence-corrected chi connectivity index (χ2v) is 13.0. The van der Waals surface area contributed by atoms with Crippen LogP contribution in [0.25, 0.3) is 0 Å². The average Bonchev–Trinajstić information content (AvgIpc) is 3.06. The number of aliphatic hydroxyl groups excluding tert-OH is 1. The first-order chi connectivity index (χ1) is 22.6. The molecule has 0 saturated heterocycles. The minimum Gasteiger partial charge on any atom is -0.462 e. The van der Waals surface area contributed by atoms with E-state index >= 15 is 0 Å². The van der Waals surface area contributed by atoms with Crippen LogP contribution in [0.5, 0.6) is 0 Å². The minimum absolute atomic E-state index is 0.0830. The van der Waals surface area contributed by atoms with Crippen molar-refractivity contribution in [2.24, 2.45) is 0 Å². The monoisotopic (exact) mass is 647 g/mol. The fraction of sp³-hybridized carbons (Fsp3) is 0.805. The van der Waals surface area contributed by atoms with Crippen molar-refractivity contribution in [1.29, 1.82) is 0 Å². The minimum atomic E-state index is -0.793. The number of hydrogen-bond acceptors (Lipinski definition) is 5. The molecule has 0 aromatic rings. The van der Waals surface area contributed by atoms with Crippen LogP contribution in [-0.4, -0.2) is 36.4 Å². The summed E-state index contributed by atoms with van der Waals surface area (Å²) in [7, 11) is 0. The van der Waals surface area contributed by atoms with Gasteiger partial charge >= 0.3 is 11.9 Å². The lowest BCUT2D eigenvalue weighted by molar-refractivity contribution is -0.161. The van der Waals surface area contributed by atoms with E-state index < -0.39 is 6.10 Å². The van der Waals surface area contributed by atoms with Gasteiger partial charge in [-0.3, -0.25) is 9.59 Å². The van der Waals surface area contributed by atoms with Gasteiger partial charge in [-0.15, -0.1) is 0 Å². The number of carbonyl (C=O) groups excluding carboxylic acids is 2.